The van der Waals surface area contributed by atoms with Crippen molar-refractivity contribution in [2.75, 3.05) is 19.7 Å². The van der Waals surface area contributed by atoms with Crippen molar-refractivity contribution < 1.29 is 14.3 Å². The summed E-state index contributed by atoms with van der Waals surface area (Å²) in [6.45, 7) is 4.24. The number of nitrogens with one attached hydrogen (secondary N) is 1. The number of carbonyl (C=O) groups excluding carboxylic acids is 2. The van der Waals surface area contributed by atoms with E-state index >= 15 is 0 Å². The summed E-state index contributed by atoms with van der Waals surface area (Å²) < 4.78 is 4.97. The third-order valence-corrected chi connectivity index (χ3v) is 4.42. The summed E-state index contributed by atoms with van der Waals surface area (Å²) in [5, 5.41) is 3.31. The summed E-state index contributed by atoms with van der Waals surface area (Å²) in [4.78, 5) is 27.1. The van der Waals surface area contributed by atoms with Gasteiger partial charge in [0.1, 0.15) is 5.82 Å². The van der Waals surface area contributed by atoms with Gasteiger partial charge in [0.2, 0.25) is 0 Å². The van der Waals surface area contributed by atoms with E-state index in [-0.39, 0.29) is 5.78 Å². The number of hydrogen-bond acceptors (Lipinski definition) is 5. The number of allylic oxidation sites excluding steroid dienone is 2. The highest BCUT2D eigenvalue weighted by atomic mass is 16.5. The molecule has 0 radical (unpaired) electrons. The number of ketones is 1. The van der Waals surface area contributed by atoms with Crippen LogP contribution in [0.2, 0.25) is 0 Å². The lowest BCUT2D eigenvalue weighted by Crippen LogP contribution is -2.23. The van der Waals surface area contributed by atoms with Crippen molar-refractivity contribution in [2.45, 2.75) is 13.5 Å². The number of benzene rings is 2. The van der Waals surface area contributed by atoms with Gasteiger partial charge in [0.15, 0.2) is 5.78 Å². The van der Waals surface area contributed by atoms with E-state index in [0.29, 0.717) is 24.3 Å². The predicted molar refractivity (Wildman–Crippen MR) is 108 cm³/mol. The molecule has 1 saturated heterocycles. The molecule has 0 amide bonds. The van der Waals surface area contributed by atoms with Crippen molar-refractivity contribution in [2.24, 2.45) is 0 Å². The molecule has 0 saturated carbocycles. The molecule has 0 unspecified atom stereocenters. The van der Waals surface area contributed by atoms with Gasteiger partial charge < -0.3 is 15.0 Å². The molecular formula is C23H24N2O3. The first-order chi connectivity index (χ1) is 13.7. The van der Waals surface area contributed by atoms with Crippen LogP contribution in [0.15, 0.2) is 84.2 Å². The molecule has 28 heavy (non-hydrogen) atoms. The maximum Gasteiger partial charge on any atom is 0.330 e. The van der Waals surface area contributed by atoms with Gasteiger partial charge in [0.25, 0.3) is 0 Å². The fourth-order valence-corrected chi connectivity index (χ4v) is 3.11. The smallest absolute Gasteiger partial charge is 0.330 e. The van der Waals surface area contributed by atoms with E-state index in [9.17, 15) is 9.59 Å². The molecule has 5 nitrogen and oxygen atoms in total. The predicted octanol–water partition coefficient (Wildman–Crippen LogP) is 3.31. The van der Waals surface area contributed by atoms with E-state index in [1.807, 2.05) is 36.4 Å². The van der Waals surface area contributed by atoms with Gasteiger partial charge in [-0.3, -0.25) is 4.79 Å². The average molecular weight is 376 g/mol. The summed E-state index contributed by atoms with van der Waals surface area (Å²) in [5.41, 5.74) is 2.18. The zero-order valence-corrected chi connectivity index (χ0v) is 15.9. The van der Waals surface area contributed by atoms with Crippen LogP contribution in [0.3, 0.4) is 0 Å². The molecule has 144 valence electrons. The molecule has 1 N–H and O–H groups in total. The lowest BCUT2D eigenvalue weighted by molar-refractivity contribution is -0.137. The molecule has 0 spiro atoms. The van der Waals surface area contributed by atoms with Gasteiger partial charge in [-0.2, -0.15) is 0 Å². The molecular weight excluding hydrogens is 352 g/mol. The van der Waals surface area contributed by atoms with Crippen LogP contribution in [-0.2, 0) is 16.1 Å². The molecule has 1 heterocycles. The summed E-state index contributed by atoms with van der Waals surface area (Å²) in [6.07, 6.45) is 2.87. The topological polar surface area (TPSA) is 58.6 Å². The molecule has 1 fully saturated rings. The molecule has 0 aliphatic carbocycles. The van der Waals surface area contributed by atoms with E-state index in [0.717, 1.165) is 24.5 Å². The molecule has 1 aliphatic rings. The van der Waals surface area contributed by atoms with Crippen molar-refractivity contribution in [3.05, 3.63) is 95.3 Å². The van der Waals surface area contributed by atoms with Crippen LogP contribution in [0.1, 0.15) is 22.8 Å². The van der Waals surface area contributed by atoms with Crippen LogP contribution in [-0.4, -0.2) is 36.3 Å². The van der Waals surface area contributed by atoms with Crippen LogP contribution in [0.25, 0.3) is 0 Å². The zero-order chi connectivity index (χ0) is 19.8. The summed E-state index contributed by atoms with van der Waals surface area (Å²) in [6, 6.07) is 19.2. The van der Waals surface area contributed by atoms with E-state index < -0.39 is 5.97 Å². The molecule has 1 aliphatic heterocycles. The minimum Gasteiger partial charge on any atom is -0.463 e. The summed E-state index contributed by atoms with van der Waals surface area (Å²) in [7, 11) is 0. The van der Waals surface area contributed by atoms with E-state index in [2.05, 4.69) is 22.3 Å². The van der Waals surface area contributed by atoms with Crippen LogP contribution < -0.4 is 5.32 Å². The zero-order valence-electron chi connectivity index (χ0n) is 15.9. The highest BCUT2D eigenvalue weighted by Gasteiger charge is 2.24. The van der Waals surface area contributed by atoms with Crippen molar-refractivity contribution in [3.63, 3.8) is 0 Å². The van der Waals surface area contributed by atoms with Gasteiger partial charge in [0.05, 0.1) is 12.2 Å². The number of esters is 1. The lowest BCUT2D eigenvalue weighted by atomic mass is 10.0. The Morgan fingerprint density at radius 2 is 1.71 bits per heavy atom. The third-order valence-electron chi connectivity index (χ3n) is 4.42. The highest BCUT2D eigenvalue weighted by Crippen LogP contribution is 2.21. The largest absolute Gasteiger partial charge is 0.463 e. The Labute approximate surface area is 165 Å². The monoisotopic (exact) mass is 376 g/mol. The van der Waals surface area contributed by atoms with E-state index in [4.69, 9.17) is 4.74 Å². The second-order valence-electron chi connectivity index (χ2n) is 6.38. The normalized spacial score (nSPS) is 15.4. The Balaban J connectivity index is 1.95. The van der Waals surface area contributed by atoms with Crippen molar-refractivity contribution >= 4 is 11.8 Å². The van der Waals surface area contributed by atoms with Gasteiger partial charge >= 0.3 is 5.97 Å². The SMILES string of the molecule is CCOC(=O)/C=C/C(C(=O)c1ccccc1)=C1/NCCN1Cc1ccccc1. The first kappa shape index (κ1) is 19.4. The molecule has 2 aromatic rings. The van der Waals surface area contributed by atoms with Gasteiger partial charge in [-0.25, -0.2) is 4.79 Å². The van der Waals surface area contributed by atoms with E-state index in [1.54, 1.807) is 25.1 Å². The molecule has 0 aromatic heterocycles. The van der Waals surface area contributed by atoms with Crippen LogP contribution in [0, 0.1) is 0 Å². The Kier molecular flexibility index (Phi) is 6.63. The average Bonchev–Trinajstić information content (AvgIpc) is 3.17. The first-order valence-corrected chi connectivity index (χ1v) is 9.40. The number of hydrogen-bond donors (Lipinski definition) is 1. The van der Waals surface area contributed by atoms with Crippen LogP contribution in [0.5, 0.6) is 0 Å². The fraction of sp³-hybridized carbons (Fsp3) is 0.217. The van der Waals surface area contributed by atoms with Gasteiger partial charge in [-0.1, -0.05) is 60.7 Å². The quantitative estimate of drug-likeness (QED) is 0.456. The number of carbonyl (C=O) groups is 2. The van der Waals surface area contributed by atoms with Crippen molar-refractivity contribution in [1.29, 1.82) is 0 Å². The van der Waals surface area contributed by atoms with Gasteiger partial charge in [0, 0.05) is 31.3 Å². The Bertz CT molecular complexity index is 873. The Morgan fingerprint density at radius 1 is 1.04 bits per heavy atom. The van der Waals surface area contributed by atoms with Crippen LogP contribution >= 0.6 is 0 Å². The summed E-state index contributed by atoms with van der Waals surface area (Å²) >= 11 is 0. The summed E-state index contributed by atoms with van der Waals surface area (Å²) in [5.74, 6) is 0.135. The first-order valence-electron chi connectivity index (χ1n) is 9.40. The molecule has 0 atom stereocenters. The lowest BCUT2D eigenvalue weighted by Gasteiger charge is -2.21. The third kappa shape index (κ3) is 4.88. The van der Waals surface area contributed by atoms with Crippen molar-refractivity contribution in [1.82, 2.24) is 10.2 Å². The molecule has 5 heteroatoms. The molecule has 0 bridgehead atoms. The maximum absolute atomic E-state index is 13.2. The number of ether oxygens (including phenoxy) is 1. The minimum atomic E-state index is -0.464. The Morgan fingerprint density at radius 3 is 2.39 bits per heavy atom. The fourth-order valence-electron chi connectivity index (χ4n) is 3.11. The number of Topliss-reactive ketones (excluding diaryl/α,β-unsaturated/α-hetero) is 1. The number of nitrogens with zero attached hydrogens (tertiary/aromatic N) is 1. The van der Waals surface area contributed by atoms with Gasteiger partial charge in [-0.15, -0.1) is 0 Å². The second kappa shape index (κ2) is 9.55. The minimum absolute atomic E-state index is 0.136. The Hall–Kier alpha value is -3.34. The molecule has 3 rings (SSSR count). The molecule has 2 aromatic carbocycles. The maximum atomic E-state index is 13.2. The standard InChI is InChI=1S/C23H24N2O3/c1-2-28-21(26)14-13-20(22(27)19-11-7-4-8-12-19)23-24-15-16-25(23)17-18-9-5-3-6-10-18/h3-14,24H,2,15-17H2,1H3/b14-13+,23-20+. The van der Waals surface area contributed by atoms with Crippen LogP contribution in [0.4, 0.5) is 0 Å². The highest BCUT2D eigenvalue weighted by molar-refractivity contribution is 6.11. The number of rotatable bonds is 7. The van der Waals surface area contributed by atoms with E-state index in [1.165, 1.54) is 6.08 Å². The second-order valence-corrected chi connectivity index (χ2v) is 6.38. The van der Waals surface area contributed by atoms with Crippen molar-refractivity contribution in [3.8, 4) is 0 Å². The van der Waals surface area contributed by atoms with Gasteiger partial charge in [-0.05, 0) is 18.6 Å².